The zero-order valence-electron chi connectivity index (χ0n) is 12.6. The lowest BCUT2D eigenvalue weighted by Crippen LogP contribution is -2.24. The molecule has 0 aliphatic rings. The van der Waals surface area contributed by atoms with Crippen LogP contribution in [0.15, 0.2) is 48.5 Å². The summed E-state index contributed by atoms with van der Waals surface area (Å²) in [5, 5.41) is 4.07. The van der Waals surface area contributed by atoms with Gasteiger partial charge in [-0.25, -0.2) is 0 Å². The van der Waals surface area contributed by atoms with Gasteiger partial charge in [0.2, 0.25) is 0 Å². The van der Waals surface area contributed by atoms with E-state index in [-0.39, 0.29) is 0 Å². The molecule has 0 saturated heterocycles. The number of hydrogen-bond acceptors (Lipinski definition) is 2. The molecule has 0 spiro atoms. The molecule has 2 nitrogen and oxygen atoms in total. The average molecular weight is 304 g/mol. The predicted octanol–water partition coefficient (Wildman–Crippen LogP) is 4.46. The van der Waals surface area contributed by atoms with Crippen LogP contribution in [0.2, 0.25) is 5.02 Å². The smallest absolute Gasteiger partial charge is 0.138 e. The Morgan fingerprint density at radius 1 is 1.00 bits per heavy atom. The Kier molecular flexibility index (Phi) is 6.09. The molecule has 2 rings (SSSR count). The van der Waals surface area contributed by atoms with Gasteiger partial charge in [-0.15, -0.1) is 0 Å². The minimum Gasteiger partial charge on any atom is -0.487 e. The van der Waals surface area contributed by atoms with E-state index in [1.165, 1.54) is 5.56 Å². The zero-order chi connectivity index (χ0) is 15.1. The van der Waals surface area contributed by atoms with Gasteiger partial charge < -0.3 is 10.1 Å². The third kappa shape index (κ3) is 5.41. The Morgan fingerprint density at radius 2 is 1.67 bits per heavy atom. The summed E-state index contributed by atoms with van der Waals surface area (Å²) in [7, 11) is 0. The molecule has 0 bridgehead atoms. The van der Waals surface area contributed by atoms with Crippen LogP contribution in [0.3, 0.4) is 0 Å². The minimum atomic E-state index is 0.535. The van der Waals surface area contributed by atoms with Crippen molar-refractivity contribution in [3.8, 4) is 5.75 Å². The van der Waals surface area contributed by atoms with E-state index >= 15 is 0 Å². The van der Waals surface area contributed by atoms with Crippen LogP contribution in [0.4, 0.5) is 0 Å². The van der Waals surface area contributed by atoms with Crippen molar-refractivity contribution in [1.29, 1.82) is 0 Å². The number of para-hydroxylation sites is 1. The zero-order valence-corrected chi connectivity index (χ0v) is 13.4. The molecule has 0 aliphatic heterocycles. The number of halogens is 1. The second-order valence-corrected chi connectivity index (χ2v) is 5.80. The molecule has 112 valence electrons. The van der Waals surface area contributed by atoms with E-state index in [0.717, 1.165) is 24.3 Å². The van der Waals surface area contributed by atoms with Crippen molar-refractivity contribution in [3.63, 3.8) is 0 Å². The topological polar surface area (TPSA) is 21.3 Å². The van der Waals surface area contributed by atoms with E-state index in [0.29, 0.717) is 17.7 Å². The monoisotopic (exact) mass is 303 g/mol. The van der Waals surface area contributed by atoms with Gasteiger partial charge in [-0.3, -0.25) is 0 Å². The number of hydrogen-bond donors (Lipinski definition) is 1. The molecule has 2 aromatic carbocycles. The molecule has 2 aromatic rings. The summed E-state index contributed by atoms with van der Waals surface area (Å²) >= 11 is 6.07. The molecule has 1 N–H and O–H groups in total. The Bertz CT molecular complexity index is 551. The first-order valence-corrected chi connectivity index (χ1v) is 7.71. The first-order chi connectivity index (χ1) is 10.1. The van der Waals surface area contributed by atoms with Crippen molar-refractivity contribution in [1.82, 2.24) is 5.32 Å². The Hall–Kier alpha value is -1.51. The molecule has 21 heavy (non-hydrogen) atoms. The molecule has 0 radical (unpaired) electrons. The van der Waals surface area contributed by atoms with E-state index in [9.17, 15) is 0 Å². The Balaban J connectivity index is 1.84. The quantitative estimate of drug-likeness (QED) is 0.815. The van der Waals surface area contributed by atoms with Crippen LogP contribution < -0.4 is 10.1 Å². The second kappa shape index (κ2) is 8.06. The molecule has 0 heterocycles. The number of benzene rings is 2. The molecule has 0 unspecified atom stereocenters. The SMILES string of the molecule is CC(C)NCCc1ccc(COc2ccccc2Cl)cc1. The van der Waals surface area contributed by atoms with Crippen LogP contribution in [0.25, 0.3) is 0 Å². The highest BCUT2D eigenvalue weighted by molar-refractivity contribution is 6.32. The Labute approximate surface area is 132 Å². The van der Waals surface area contributed by atoms with Crippen LogP contribution >= 0.6 is 11.6 Å². The lowest BCUT2D eigenvalue weighted by Gasteiger charge is -2.10. The van der Waals surface area contributed by atoms with Crippen molar-refractivity contribution in [2.24, 2.45) is 0 Å². The summed E-state index contributed by atoms with van der Waals surface area (Å²) in [5.41, 5.74) is 2.49. The predicted molar refractivity (Wildman–Crippen MR) is 89.1 cm³/mol. The third-order valence-corrected chi connectivity index (χ3v) is 3.53. The normalized spacial score (nSPS) is 10.9. The van der Waals surface area contributed by atoms with Gasteiger partial charge in [0, 0.05) is 6.04 Å². The largest absolute Gasteiger partial charge is 0.487 e. The molecule has 0 fully saturated rings. The second-order valence-electron chi connectivity index (χ2n) is 5.39. The lowest BCUT2D eigenvalue weighted by atomic mass is 10.1. The first-order valence-electron chi connectivity index (χ1n) is 7.33. The molecule has 0 amide bonds. The van der Waals surface area contributed by atoms with Crippen LogP contribution in [0.1, 0.15) is 25.0 Å². The van der Waals surface area contributed by atoms with Gasteiger partial charge in [-0.1, -0.05) is 61.8 Å². The highest BCUT2D eigenvalue weighted by atomic mass is 35.5. The van der Waals surface area contributed by atoms with Gasteiger partial charge in [-0.2, -0.15) is 0 Å². The number of nitrogens with one attached hydrogen (secondary N) is 1. The maximum absolute atomic E-state index is 6.07. The highest BCUT2D eigenvalue weighted by Gasteiger charge is 2.01. The van der Waals surface area contributed by atoms with E-state index in [2.05, 4.69) is 43.4 Å². The van der Waals surface area contributed by atoms with Gasteiger partial charge in [0.25, 0.3) is 0 Å². The summed E-state index contributed by atoms with van der Waals surface area (Å²) in [5.74, 6) is 0.726. The fourth-order valence-electron chi connectivity index (χ4n) is 2.03. The summed E-state index contributed by atoms with van der Waals surface area (Å²) in [6.07, 6.45) is 1.05. The summed E-state index contributed by atoms with van der Waals surface area (Å²) in [6.45, 7) is 5.87. The van der Waals surface area contributed by atoms with Crippen molar-refractivity contribution in [2.45, 2.75) is 32.9 Å². The Morgan fingerprint density at radius 3 is 2.33 bits per heavy atom. The maximum atomic E-state index is 6.07. The molecular formula is C18H22ClNO. The molecule has 0 aromatic heterocycles. The van der Waals surface area contributed by atoms with E-state index in [1.807, 2.05) is 24.3 Å². The van der Waals surface area contributed by atoms with Crippen LogP contribution in [0.5, 0.6) is 5.75 Å². The first kappa shape index (κ1) is 15.9. The van der Waals surface area contributed by atoms with E-state index in [4.69, 9.17) is 16.3 Å². The lowest BCUT2D eigenvalue weighted by molar-refractivity contribution is 0.306. The van der Waals surface area contributed by atoms with E-state index in [1.54, 1.807) is 0 Å². The van der Waals surface area contributed by atoms with Gasteiger partial charge in [0.1, 0.15) is 12.4 Å². The average Bonchev–Trinajstić information content (AvgIpc) is 2.47. The molecular weight excluding hydrogens is 282 g/mol. The number of rotatable bonds is 7. The van der Waals surface area contributed by atoms with Crippen molar-refractivity contribution in [2.75, 3.05) is 6.54 Å². The fourth-order valence-corrected chi connectivity index (χ4v) is 2.22. The molecule has 0 aliphatic carbocycles. The van der Waals surface area contributed by atoms with Crippen LogP contribution in [-0.4, -0.2) is 12.6 Å². The fraction of sp³-hybridized carbons (Fsp3) is 0.333. The van der Waals surface area contributed by atoms with Crippen molar-refractivity contribution in [3.05, 3.63) is 64.7 Å². The van der Waals surface area contributed by atoms with Gasteiger partial charge in [0.05, 0.1) is 5.02 Å². The van der Waals surface area contributed by atoms with Crippen molar-refractivity contribution >= 4 is 11.6 Å². The standard InChI is InChI=1S/C18H22ClNO/c1-14(2)20-12-11-15-7-9-16(10-8-15)13-21-18-6-4-3-5-17(18)19/h3-10,14,20H,11-13H2,1-2H3. The van der Waals surface area contributed by atoms with Crippen molar-refractivity contribution < 1.29 is 4.74 Å². The number of ether oxygens (including phenoxy) is 1. The molecule has 0 saturated carbocycles. The molecule has 3 heteroatoms. The van der Waals surface area contributed by atoms with Gasteiger partial charge >= 0.3 is 0 Å². The molecule has 0 atom stereocenters. The van der Waals surface area contributed by atoms with Gasteiger partial charge in [-0.05, 0) is 36.2 Å². The van der Waals surface area contributed by atoms with E-state index < -0.39 is 0 Å². The van der Waals surface area contributed by atoms with Crippen LogP contribution in [0, 0.1) is 0 Å². The maximum Gasteiger partial charge on any atom is 0.138 e. The summed E-state index contributed by atoms with van der Waals surface area (Å²) in [4.78, 5) is 0. The third-order valence-electron chi connectivity index (χ3n) is 3.22. The summed E-state index contributed by atoms with van der Waals surface area (Å²) < 4.78 is 5.73. The van der Waals surface area contributed by atoms with Crippen LogP contribution in [-0.2, 0) is 13.0 Å². The van der Waals surface area contributed by atoms with Gasteiger partial charge in [0.15, 0.2) is 0 Å². The highest BCUT2D eigenvalue weighted by Crippen LogP contribution is 2.24. The summed E-state index contributed by atoms with van der Waals surface area (Å²) in [6, 6.07) is 16.6. The minimum absolute atomic E-state index is 0.535.